The maximum atomic E-state index is 11.9. The molecule has 0 spiro atoms. The van der Waals surface area contributed by atoms with E-state index in [9.17, 15) is 4.79 Å². The monoisotopic (exact) mass is 309 g/mol. The lowest BCUT2D eigenvalue weighted by atomic mass is 10.0. The van der Waals surface area contributed by atoms with E-state index in [-0.39, 0.29) is 5.91 Å². The SMILES string of the molecule is Cc1ccccc1CC(=O)NCC1(CCBr)CC1. The first-order chi connectivity index (χ1) is 8.65. The fourth-order valence-electron chi connectivity index (χ4n) is 2.22. The number of hydrogen-bond donors (Lipinski definition) is 1. The molecule has 1 amide bonds. The Morgan fingerprint density at radius 1 is 1.39 bits per heavy atom. The van der Waals surface area contributed by atoms with Gasteiger partial charge < -0.3 is 5.32 Å². The van der Waals surface area contributed by atoms with Gasteiger partial charge in [-0.1, -0.05) is 40.2 Å². The first-order valence-electron chi connectivity index (χ1n) is 6.52. The van der Waals surface area contributed by atoms with Crippen LogP contribution < -0.4 is 5.32 Å². The van der Waals surface area contributed by atoms with Crippen LogP contribution in [0.15, 0.2) is 24.3 Å². The zero-order valence-electron chi connectivity index (χ0n) is 10.8. The molecule has 0 saturated heterocycles. The summed E-state index contributed by atoms with van der Waals surface area (Å²) in [5.41, 5.74) is 2.71. The smallest absolute Gasteiger partial charge is 0.224 e. The van der Waals surface area contributed by atoms with Crippen molar-refractivity contribution in [2.75, 3.05) is 11.9 Å². The number of hydrogen-bond acceptors (Lipinski definition) is 1. The largest absolute Gasteiger partial charge is 0.355 e. The molecule has 1 fully saturated rings. The van der Waals surface area contributed by atoms with Gasteiger partial charge in [0.05, 0.1) is 6.42 Å². The van der Waals surface area contributed by atoms with Crippen LogP contribution in [-0.4, -0.2) is 17.8 Å². The average molecular weight is 310 g/mol. The van der Waals surface area contributed by atoms with Crippen molar-refractivity contribution in [3.05, 3.63) is 35.4 Å². The Labute approximate surface area is 117 Å². The lowest BCUT2D eigenvalue weighted by molar-refractivity contribution is -0.120. The Morgan fingerprint density at radius 3 is 2.72 bits per heavy atom. The van der Waals surface area contributed by atoms with Crippen molar-refractivity contribution in [3.63, 3.8) is 0 Å². The fraction of sp³-hybridized carbons (Fsp3) is 0.533. The zero-order valence-corrected chi connectivity index (χ0v) is 12.4. The number of rotatable bonds is 6. The second-order valence-electron chi connectivity index (χ2n) is 5.32. The molecule has 1 aromatic rings. The number of benzene rings is 1. The number of carbonyl (C=O) groups excluding carboxylic acids is 1. The molecular weight excluding hydrogens is 290 g/mol. The van der Waals surface area contributed by atoms with Gasteiger partial charge >= 0.3 is 0 Å². The van der Waals surface area contributed by atoms with Crippen LogP contribution >= 0.6 is 15.9 Å². The summed E-state index contributed by atoms with van der Waals surface area (Å²) in [7, 11) is 0. The predicted octanol–water partition coefficient (Wildman–Crippen LogP) is 3.22. The van der Waals surface area contributed by atoms with Gasteiger partial charge in [0.25, 0.3) is 0 Å². The van der Waals surface area contributed by atoms with Gasteiger partial charge in [-0.2, -0.15) is 0 Å². The number of halogens is 1. The van der Waals surface area contributed by atoms with E-state index in [1.165, 1.54) is 18.4 Å². The highest BCUT2D eigenvalue weighted by Gasteiger charge is 2.41. The van der Waals surface area contributed by atoms with Crippen molar-refractivity contribution < 1.29 is 4.79 Å². The van der Waals surface area contributed by atoms with Crippen molar-refractivity contribution >= 4 is 21.8 Å². The molecule has 0 unspecified atom stereocenters. The highest BCUT2D eigenvalue weighted by Crippen LogP contribution is 2.48. The maximum absolute atomic E-state index is 11.9. The minimum Gasteiger partial charge on any atom is -0.355 e. The first kappa shape index (κ1) is 13.6. The van der Waals surface area contributed by atoms with Gasteiger partial charge in [-0.15, -0.1) is 0 Å². The van der Waals surface area contributed by atoms with Gasteiger partial charge in [-0.05, 0) is 42.7 Å². The van der Waals surface area contributed by atoms with Gasteiger partial charge in [0.1, 0.15) is 0 Å². The molecule has 98 valence electrons. The topological polar surface area (TPSA) is 29.1 Å². The van der Waals surface area contributed by atoms with E-state index >= 15 is 0 Å². The number of alkyl halides is 1. The summed E-state index contributed by atoms with van der Waals surface area (Å²) < 4.78 is 0. The first-order valence-corrected chi connectivity index (χ1v) is 7.65. The van der Waals surface area contributed by atoms with E-state index < -0.39 is 0 Å². The van der Waals surface area contributed by atoms with Crippen molar-refractivity contribution in [2.45, 2.75) is 32.6 Å². The van der Waals surface area contributed by atoms with Gasteiger partial charge in [0, 0.05) is 11.9 Å². The highest BCUT2D eigenvalue weighted by molar-refractivity contribution is 9.09. The van der Waals surface area contributed by atoms with Crippen LogP contribution in [0.1, 0.15) is 30.4 Å². The Hall–Kier alpha value is -0.830. The maximum Gasteiger partial charge on any atom is 0.224 e. The van der Waals surface area contributed by atoms with Crippen LogP contribution in [0.5, 0.6) is 0 Å². The molecule has 0 radical (unpaired) electrons. The number of aryl methyl sites for hydroxylation is 1. The van der Waals surface area contributed by atoms with Gasteiger partial charge in [0.2, 0.25) is 5.91 Å². The third-order valence-corrected chi connectivity index (χ3v) is 4.25. The van der Waals surface area contributed by atoms with E-state index in [1.54, 1.807) is 0 Å². The lowest BCUT2D eigenvalue weighted by Crippen LogP contribution is -2.31. The molecule has 0 aromatic heterocycles. The molecule has 0 bridgehead atoms. The van der Waals surface area contributed by atoms with Crippen molar-refractivity contribution in [1.82, 2.24) is 5.32 Å². The highest BCUT2D eigenvalue weighted by atomic mass is 79.9. The van der Waals surface area contributed by atoms with Gasteiger partial charge in [0.15, 0.2) is 0 Å². The Balaban J connectivity index is 1.81. The van der Waals surface area contributed by atoms with E-state index in [1.807, 2.05) is 18.2 Å². The number of carbonyl (C=O) groups is 1. The van der Waals surface area contributed by atoms with E-state index in [2.05, 4.69) is 34.2 Å². The van der Waals surface area contributed by atoms with E-state index in [4.69, 9.17) is 0 Å². The summed E-state index contributed by atoms with van der Waals surface area (Å²) in [5, 5.41) is 4.11. The van der Waals surface area contributed by atoms with Crippen LogP contribution in [0.4, 0.5) is 0 Å². The second kappa shape index (κ2) is 5.87. The average Bonchev–Trinajstić information content (AvgIpc) is 3.11. The lowest BCUT2D eigenvalue weighted by Gasteiger charge is -2.14. The minimum atomic E-state index is 0.144. The molecule has 0 aliphatic heterocycles. The summed E-state index contributed by atoms with van der Waals surface area (Å²) in [6.07, 6.45) is 4.17. The van der Waals surface area contributed by atoms with E-state index in [0.29, 0.717) is 11.8 Å². The molecule has 0 atom stereocenters. The van der Waals surface area contributed by atoms with Crippen LogP contribution in [0.3, 0.4) is 0 Å². The van der Waals surface area contributed by atoms with Crippen LogP contribution in [0.25, 0.3) is 0 Å². The molecular formula is C15H20BrNO. The van der Waals surface area contributed by atoms with Gasteiger partial charge in [-0.25, -0.2) is 0 Å². The Morgan fingerprint density at radius 2 is 2.11 bits per heavy atom. The molecule has 2 nitrogen and oxygen atoms in total. The Kier molecular flexibility index (Phi) is 4.44. The number of nitrogens with one attached hydrogen (secondary N) is 1. The minimum absolute atomic E-state index is 0.144. The molecule has 1 aromatic carbocycles. The summed E-state index contributed by atoms with van der Waals surface area (Å²) >= 11 is 3.48. The van der Waals surface area contributed by atoms with Crippen molar-refractivity contribution in [2.24, 2.45) is 5.41 Å². The summed E-state index contributed by atoms with van der Waals surface area (Å²) in [6.45, 7) is 2.89. The van der Waals surface area contributed by atoms with Crippen LogP contribution in [-0.2, 0) is 11.2 Å². The fourth-order valence-corrected chi connectivity index (χ4v) is 3.06. The quantitative estimate of drug-likeness (QED) is 0.803. The molecule has 1 N–H and O–H groups in total. The summed E-state index contributed by atoms with van der Waals surface area (Å²) in [5.74, 6) is 0.144. The van der Waals surface area contributed by atoms with Crippen LogP contribution in [0.2, 0.25) is 0 Å². The normalized spacial score (nSPS) is 16.3. The Bertz CT molecular complexity index is 426. The molecule has 1 aliphatic carbocycles. The summed E-state index contributed by atoms with van der Waals surface area (Å²) in [4.78, 5) is 11.9. The predicted molar refractivity (Wildman–Crippen MR) is 78.0 cm³/mol. The van der Waals surface area contributed by atoms with Crippen molar-refractivity contribution in [3.8, 4) is 0 Å². The molecule has 2 rings (SSSR count). The molecule has 1 saturated carbocycles. The molecule has 1 aliphatic rings. The third kappa shape index (κ3) is 3.58. The summed E-state index contributed by atoms with van der Waals surface area (Å²) in [6, 6.07) is 8.07. The van der Waals surface area contributed by atoms with E-state index in [0.717, 1.165) is 23.9 Å². The standard InChI is InChI=1S/C15H20BrNO/c1-12-4-2-3-5-13(12)10-14(18)17-11-15(6-7-15)8-9-16/h2-5H,6-11H2,1H3,(H,17,18). The second-order valence-corrected chi connectivity index (χ2v) is 6.11. The molecule has 0 heterocycles. The zero-order chi connectivity index (χ0) is 13.0. The molecule has 3 heteroatoms. The number of amides is 1. The third-order valence-electron chi connectivity index (χ3n) is 3.85. The molecule has 18 heavy (non-hydrogen) atoms. The van der Waals surface area contributed by atoms with Gasteiger partial charge in [-0.3, -0.25) is 4.79 Å². The van der Waals surface area contributed by atoms with Crippen LogP contribution in [0, 0.1) is 12.3 Å². The van der Waals surface area contributed by atoms with Crippen molar-refractivity contribution in [1.29, 1.82) is 0 Å².